The third-order valence-corrected chi connectivity index (χ3v) is 4.08. The topological polar surface area (TPSA) is 38.3 Å². The predicted octanol–water partition coefficient (Wildman–Crippen LogP) is 3.88. The normalized spacial score (nSPS) is 12.0. The number of carbonyl (C=O) groups is 1. The number of amides is 1. The molecule has 1 unspecified atom stereocenters. The fraction of sp³-hybridized carbons (Fsp3) is 0.235. The molecule has 0 aromatic heterocycles. The van der Waals surface area contributed by atoms with Crippen LogP contribution in [0.3, 0.4) is 0 Å². The molecule has 0 heterocycles. The standard InChI is InChI=1S/C17H18BrNO2/c1-12-7-3-4-8-13(12)16(21-2)11-19-17(20)14-9-5-6-10-15(14)18/h3-10,16H,11H2,1-2H3,(H,19,20). The molecule has 3 nitrogen and oxygen atoms in total. The van der Waals surface area contributed by atoms with Crippen LogP contribution >= 0.6 is 15.9 Å². The Morgan fingerprint density at radius 1 is 1.19 bits per heavy atom. The minimum Gasteiger partial charge on any atom is -0.375 e. The summed E-state index contributed by atoms with van der Waals surface area (Å²) in [4.78, 5) is 12.2. The number of hydrogen-bond acceptors (Lipinski definition) is 2. The van der Waals surface area contributed by atoms with Crippen LogP contribution in [0.5, 0.6) is 0 Å². The lowest BCUT2D eigenvalue weighted by atomic mass is 10.0. The van der Waals surface area contributed by atoms with E-state index in [1.807, 2.05) is 49.4 Å². The van der Waals surface area contributed by atoms with Gasteiger partial charge < -0.3 is 10.1 Å². The van der Waals surface area contributed by atoms with Gasteiger partial charge in [-0.25, -0.2) is 0 Å². The summed E-state index contributed by atoms with van der Waals surface area (Å²) in [5, 5.41) is 2.92. The summed E-state index contributed by atoms with van der Waals surface area (Å²) in [5.41, 5.74) is 2.86. The Kier molecular flexibility index (Phi) is 5.53. The van der Waals surface area contributed by atoms with Gasteiger partial charge in [-0.2, -0.15) is 0 Å². The molecule has 0 spiro atoms. The third-order valence-electron chi connectivity index (χ3n) is 3.39. The summed E-state index contributed by atoms with van der Waals surface area (Å²) in [7, 11) is 1.65. The van der Waals surface area contributed by atoms with Crippen LogP contribution in [0.25, 0.3) is 0 Å². The summed E-state index contributed by atoms with van der Waals surface area (Å²) in [6.45, 7) is 2.47. The van der Waals surface area contributed by atoms with E-state index < -0.39 is 0 Å². The van der Waals surface area contributed by atoms with Crippen molar-refractivity contribution in [3.05, 3.63) is 69.7 Å². The minimum absolute atomic E-state index is 0.113. The highest BCUT2D eigenvalue weighted by molar-refractivity contribution is 9.10. The Bertz CT molecular complexity index is 628. The fourth-order valence-corrected chi connectivity index (χ4v) is 2.66. The SMILES string of the molecule is COC(CNC(=O)c1ccccc1Br)c1ccccc1C. The number of methoxy groups -OCH3 is 1. The molecule has 0 aliphatic rings. The predicted molar refractivity (Wildman–Crippen MR) is 87.4 cm³/mol. The molecule has 21 heavy (non-hydrogen) atoms. The molecular formula is C17H18BrNO2. The molecule has 0 saturated heterocycles. The van der Waals surface area contributed by atoms with Gasteiger partial charge >= 0.3 is 0 Å². The zero-order valence-corrected chi connectivity index (χ0v) is 13.7. The van der Waals surface area contributed by atoms with Gasteiger partial charge in [-0.1, -0.05) is 36.4 Å². The van der Waals surface area contributed by atoms with E-state index >= 15 is 0 Å². The summed E-state index contributed by atoms with van der Waals surface area (Å²) >= 11 is 3.39. The number of carbonyl (C=O) groups excluding carboxylic acids is 1. The highest BCUT2D eigenvalue weighted by Gasteiger charge is 2.15. The largest absolute Gasteiger partial charge is 0.375 e. The first-order valence-corrected chi connectivity index (χ1v) is 7.54. The van der Waals surface area contributed by atoms with Gasteiger partial charge in [0.2, 0.25) is 0 Å². The van der Waals surface area contributed by atoms with Gasteiger partial charge in [0.25, 0.3) is 5.91 Å². The molecule has 1 amide bonds. The molecule has 2 rings (SSSR count). The number of hydrogen-bond donors (Lipinski definition) is 1. The van der Waals surface area contributed by atoms with Gasteiger partial charge in [0.1, 0.15) is 0 Å². The zero-order chi connectivity index (χ0) is 15.2. The molecule has 2 aromatic rings. The quantitative estimate of drug-likeness (QED) is 0.891. The number of rotatable bonds is 5. The average molecular weight is 348 g/mol. The van der Waals surface area contributed by atoms with E-state index in [2.05, 4.69) is 21.2 Å². The molecule has 0 aliphatic carbocycles. The van der Waals surface area contributed by atoms with Crippen molar-refractivity contribution in [3.8, 4) is 0 Å². The number of ether oxygens (including phenoxy) is 1. The number of halogens is 1. The second-order valence-corrected chi connectivity index (χ2v) is 5.63. The lowest BCUT2D eigenvalue weighted by molar-refractivity contribution is 0.0825. The molecule has 1 atom stereocenters. The van der Waals surface area contributed by atoms with Gasteiger partial charge in [0.15, 0.2) is 0 Å². The summed E-state index contributed by atoms with van der Waals surface area (Å²) < 4.78 is 6.29. The molecule has 0 saturated carbocycles. The highest BCUT2D eigenvalue weighted by Crippen LogP contribution is 2.20. The molecule has 0 radical (unpaired) electrons. The molecular weight excluding hydrogens is 330 g/mol. The van der Waals surface area contributed by atoms with Gasteiger partial charge in [0.05, 0.1) is 11.7 Å². The molecule has 1 N–H and O–H groups in total. The van der Waals surface area contributed by atoms with E-state index in [9.17, 15) is 4.79 Å². The minimum atomic E-state index is -0.155. The van der Waals surface area contributed by atoms with Gasteiger partial charge in [-0.3, -0.25) is 4.79 Å². The monoisotopic (exact) mass is 347 g/mol. The van der Waals surface area contributed by atoms with Crippen LogP contribution in [0.1, 0.15) is 27.6 Å². The zero-order valence-electron chi connectivity index (χ0n) is 12.1. The maximum absolute atomic E-state index is 12.2. The summed E-state index contributed by atoms with van der Waals surface area (Å²) in [6.07, 6.45) is -0.155. The summed E-state index contributed by atoms with van der Waals surface area (Å²) in [6, 6.07) is 15.4. The Morgan fingerprint density at radius 2 is 1.86 bits per heavy atom. The highest BCUT2D eigenvalue weighted by atomic mass is 79.9. The third kappa shape index (κ3) is 3.93. The lowest BCUT2D eigenvalue weighted by Gasteiger charge is -2.18. The maximum Gasteiger partial charge on any atom is 0.252 e. The average Bonchev–Trinajstić information content (AvgIpc) is 2.49. The van der Waals surface area contributed by atoms with Gasteiger partial charge in [-0.15, -0.1) is 0 Å². The van der Waals surface area contributed by atoms with Crippen LogP contribution in [-0.2, 0) is 4.74 Å². The van der Waals surface area contributed by atoms with Crippen LogP contribution in [-0.4, -0.2) is 19.6 Å². The van der Waals surface area contributed by atoms with Crippen molar-refractivity contribution in [2.24, 2.45) is 0 Å². The second kappa shape index (κ2) is 7.38. The molecule has 110 valence electrons. The van der Waals surface area contributed by atoms with E-state index in [1.165, 1.54) is 0 Å². The van der Waals surface area contributed by atoms with Crippen molar-refractivity contribution < 1.29 is 9.53 Å². The first-order chi connectivity index (χ1) is 10.1. The van der Waals surface area contributed by atoms with Crippen molar-refractivity contribution in [1.82, 2.24) is 5.32 Å². The van der Waals surface area contributed by atoms with Crippen LogP contribution in [0.4, 0.5) is 0 Å². The Balaban J connectivity index is 2.06. The van der Waals surface area contributed by atoms with Crippen molar-refractivity contribution in [2.75, 3.05) is 13.7 Å². The molecule has 0 aliphatic heterocycles. The fourth-order valence-electron chi connectivity index (χ4n) is 2.19. The molecule has 0 fully saturated rings. The van der Waals surface area contributed by atoms with Gasteiger partial charge in [-0.05, 0) is 46.1 Å². The molecule has 2 aromatic carbocycles. The Morgan fingerprint density at radius 3 is 2.52 bits per heavy atom. The number of aryl methyl sites for hydroxylation is 1. The van der Waals surface area contributed by atoms with Crippen LogP contribution in [0.15, 0.2) is 53.0 Å². The maximum atomic E-state index is 12.2. The van der Waals surface area contributed by atoms with Crippen LogP contribution in [0, 0.1) is 6.92 Å². The Hall–Kier alpha value is -1.65. The van der Waals surface area contributed by atoms with E-state index in [0.29, 0.717) is 12.1 Å². The van der Waals surface area contributed by atoms with E-state index in [1.54, 1.807) is 13.2 Å². The lowest BCUT2D eigenvalue weighted by Crippen LogP contribution is -2.29. The smallest absolute Gasteiger partial charge is 0.252 e. The van der Waals surface area contributed by atoms with Crippen molar-refractivity contribution in [1.29, 1.82) is 0 Å². The van der Waals surface area contributed by atoms with Crippen molar-refractivity contribution in [3.63, 3.8) is 0 Å². The first kappa shape index (κ1) is 15.7. The molecule has 0 bridgehead atoms. The summed E-state index contributed by atoms with van der Waals surface area (Å²) in [5.74, 6) is -0.113. The molecule has 4 heteroatoms. The van der Waals surface area contributed by atoms with E-state index in [4.69, 9.17) is 4.74 Å². The number of benzene rings is 2. The second-order valence-electron chi connectivity index (χ2n) is 4.77. The van der Waals surface area contributed by atoms with Crippen LogP contribution in [0.2, 0.25) is 0 Å². The first-order valence-electron chi connectivity index (χ1n) is 6.74. The van der Waals surface area contributed by atoms with Gasteiger partial charge in [0, 0.05) is 18.1 Å². The van der Waals surface area contributed by atoms with Crippen LogP contribution < -0.4 is 5.32 Å². The van der Waals surface area contributed by atoms with E-state index in [0.717, 1.165) is 15.6 Å². The number of nitrogens with one attached hydrogen (secondary N) is 1. The Labute approximate surface area is 133 Å². The van der Waals surface area contributed by atoms with Crippen molar-refractivity contribution in [2.45, 2.75) is 13.0 Å². The van der Waals surface area contributed by atoms with E-state index in [-0.39, 0.29) is 12.0 Å². The van der Waals surface area contributed by atoms with Crippen molar-refractivity contribution >= 4 is 21.8 Å².